The van der Waals surface area contributed by atoms with E-state index in [1.165, 1.54) is 31.2 Å². The van der Waals surface area contributed by atoms with E-state index in [0.717, 1.165) is 11.5 Å². The number of anilines is 1. The molecule has 0 bridgehead atoms. The van der Waals surface area contributed by atoms with Crippen molar-refractivity contribution in [1.29, 1.82) is 5.26 Å². The molecule has 0 aliphatic heterocycles. The molecule has 0 spiro atoms. The summed E-state index contributed by atoms with van der Waals surface area (Å²) in [5, 5.41) is 9.09. The molecule has 0 aromatic heterocycles. The normalized spacial score (nSPS) is 12.2. The van der Waals surface area contributed by atoms with Gasteiger partial charge in [0.25, 0.3) is 0 Å². The van der Waals surface area contributed by atoms with Crippen LogP contribution >= 0.6 is 0 Å². The van der Waals surface area contributed by atoms with Gasteiger partial charge in [0.2, 0.25) is 19.9 Å². The molecule has 8 heteroatoms. The number of sulfone groups is 1. The monoisotopic (exact) mass is 300 g/mol. The molecular formula is C11H12N2O4S2. The van der Waals surface area contributed by atoms with Gasteiger partial charge < -0.3 is 0 Å². The summed E-state index contributed by atoms with van der Waals surface area (Å²) in [4.78, 5) is -0.0153. The molecule has 1 N–H and O–H groups in total. The molecule has 19 heavy (non-hydrogen) atoms. The zero-order valence-corrected chi connectivity index (χ0v) is 11.7. The van der Waals surface area contributed by atoms with Crippen molar-refractivity contribution in [2.45, 2.75) is 11.8 Å². The van der Waals surface area contributed by atoms with Gasteiger partial charge in [-0.1, -0.05) is 0 Å². The maximum atomic E-state index is 11.7. The molecule has 0 aliphatic carbocycles. The van der Waals surface area contributed by atoms with Crippen molar-refractivity contribution in [1.82, 2.24) is 0 Å². The highest BCUT2D eigenvalue weighted by atomic mass is 32.2. The molecule has 0 aliphatic rings. The van der Waals surface area contributed by atoms with Crippen LogP contribution in [0, 0.1) is 11.3 Å². The van der Waals surface area contributed by atoms with Crippen molar-refractivity contribution >= 4 is 25.5 Å². The number of nitrogens with one attached hydrogen (secondary N) is 1. The van der Waals surface area contributed by atoms with Gasteiger partial charge in [0.15, 0.2) is 0 Å². The number of benzene rings is 1. The van der Waals surface area contributed by atoms with Gasteiger partial charge in [-0.3, -0.25) is 4.72 Å². The first-order valence-corrected chi connectivity index (χ1v) is 8.42. The summed E-state index contributed by atoms with van der Waals surface area (Å²) in [7, 11) is -7.06. The SMILES string of the molecule is CCS(=O)(=O)Nc1ccc(S(=O)(=O)C=CC#N)cc1. The van der Waals surface area contributed by atoms with Gasteiger partial charge in [0, 0.05) is 17.2 Å². The molecule has 1 rings (SSSR count). The van der Waals surface area contributed by atoms with Crippen LogP contribution in [0.1, 0.15) is 6.92 Å². The standard InChI is InChI=1S/C11H12N2O4S2/c1-2-19(16,17)13-10-4-6-11(7-5-10)18(14,15)9-3-8-12/h3-7,9,13H,2H2,1H3. The molecule has 1 aromatic rings. The highest BCUT2D eigenvalue weighted by molar-refractivity contribution is 7.94. The zero-order chi connectivity index (χ0) is 14.5. The summed E-state index contributed by atoms with van der Waals surface area (Å²) in [6.45, 7) is 1.49. The smallest absolute Gasteiger partial charge is 0.232 e. The summed E-state index contributed by atoms with van der Waals surface area (Å²) < 4.78 is 48.3. The summed E-state index contributed by atoms with van der Waals surface area (Å²) in [5.41, 5.74) is 0.282. The first-order valence-electron chi connectivity index (χ1n) is 5.22. The van der Waals surface area contributed by atoms with Crippen molar-refractivity contribution in [3.63, 3.8) is 0 Å². The maximum absolute atomic E-state index is 11.7. The van der Waals surface area contributed by atoms with Crippen LogP contribution in [0.4, 0.5) is 5.69 Å². The molecule has 0 unspecified atom stereocenters. The van der Waals surface area contributed by atoms with Crippen molar-refractivity contribution in [2.24, 2.45) is 0 Å². The predicted octanol–water partition coefficient (Wildman–Crippen LogP) is 1.26. The van der Waals surface area contributed by atoms with Crippen LogP contribution in [0.25, 0.3) is 0 Å². The van der Waals surface area contributed by atoms with E-state index >= 15 is 0 Å². The number of hydrogen-bond donors (Lipinski definition) is 1. The topological polar surface area (TPSA) is 104 Å². The van der Waals surface area contributed by atoms with Crippen LogP contribution in [-0.4, -0.2) is 22.6 Å². The first kappa shape index (κ1) is 15.2. The number of allylic oxidation sites excluding steroid dienone is 1. The van der Waals surface area contributed by atoms with Crippen LogP contribution in [0.2, 0.25) is 0 Å². The molecule has 102 valence electrons. The Labute approximate surface area is 112 Å². The molecule has 0 radical (unpaired) electrons. The third-order valence-electron chi connectivity index (χ3n) is 2.16. The Hall–Kier alpha value is -1.85. The van der Waals surface area contributed by atoms with Crippen LogP contribution in [-0.2, 0) is 19.9 Å². The predicted molar refractivity (Wildman–Crippen MR) is 71.5 cm³/mol. The fraction of sp³-hybridized carbons (Fsp3) is 0.182. The maximum Gasteiger partial charge on any atom is 0.232 e. The second kappa shape index (κ2) is 5.86. The second-order valence-electron chi connectivity index (χ2n) is 3.51. The molecule has 0 saturated carbocycles. The summed E-state index contributed by atoms with van der Waals surface area (Å²) in [5.74, 6) is -0.0715. The van der Waals surface area contributed by atoms with Gasteiger partial charge in [-0.25, -0.2) is 16.8 Å². The third kappa shape index (κ3) is 4.39. The molecule has 0 atom stereocenters. The fourth-order valence-electron chi connectivity index (χ4n) is 1.16. The lowest BCUT2D eigenvalue weighted by molar-refractivity contribution is 0.602. The zero-order valence-electron chi connectivity index (χ0n) is 10.1. The van der Waals surface area contributed by atoms with Crippen molar-refractivity contribution in [2.75, 3.05) is 10.5 Å². The van der Waals surface area contributed by atoms with Gasteiger partial charge in [-0.2, -0.15) is 5.26 Å². The number of hydrogen-bond acceptors (Lipinski definition) is 5. The minimum Gasteiger partial charge on any atom is -0.284 e. The Morgan fingerprint density at radius 1 is 1.21 bits per heavy atom. The molecule has 0 heterocycles. The van der Waals surface area contributed by atoms with E-state index in [2.05, 4.69) is 4.72 Å². The molecule has 0 fully saturated rings. The van der Waals surface area contributed by atoms with Crippen LogP contribution < -0.4 is 4.72 Å². The van der Waals surface area contributed by atoms with Crippen LogP contribution in [0.15, 0.2) is 40.6 Å². The Bertz CT molecular complexity index is 711. The average Bonchev–Trinajstić information content (AvgIpc) is 2.37. The Kier molecular flexibility index (Phi) is 4.69. The van der Waals surface area contributed by atoms with E-state index in [9.17, 15) is 16.8 Å². The van der Waals surface area contributed by atoms with Gasteiger partial charge in [0.05, 0.1) is 16.7 Å². The van der Waals surface area contributed by atoms with E-state index in [4.69, 9.17) is 5.26 Å². The van der Waals surface area contributed by atoms with Crippen molar-refractivity contribution in [3.05, 3.63) is 35.7 Å². The lowest BCUT2D eigenvalue weighted by Crippen LogP contribution is -2.14. The van der Waals surface area contributed by atoms with E-state index in [0.29, 0.717) is 0 Å². The molecule has 1 aromatic carbocycles. The van der Waals surface area contributed by atoms with Gasteiger partial charge in [-0.05, 0) is 31.2 Å². The number of sulfonamides is 1. The molecule has 0 amide bonds. The van der Waals surface area contributed by atoms with E-state index in [-0.39, 0.29) is 16.3 Å². The molecule has 0 saturated heterocycles. The minimum atomic E-state index is -3.67. The lowest BCUT2D eigenvalue weighted by atomic mass is 10.3. The first-order chi connectivity index (χ1) is 8.80. The summed E-state index contributed by atoms with van der Waals surface area (Å²) in [6.07, 6.45) is 0.864. The number of nitriles is 1. The van der Waals surface area contributed by atoms with E-state index in [1.54, 1.807) is 6.07 Å². The average molecular weight is 300 g/mol. The highest BCUT2D eigenvalue weighted by Gasteiger charge is 2.11. The Morgan fingerprint density at radius 2 is 1.79 bits per heavy atom. The lowest BCUT2D eigenvalue weighted by Gasteiger charge is -2.06. The Balaban J connectivity index is 3.02. The van der Waals surface area contributed by atoms with Crippen LogP contribution in [0.3, 0.4) is 0 Å². The number of nitrogens with zero attached hydrogens (tertiary/aromatic N) is 1. The summed E-state index contributed by atoms with van der Waals surface area (Å²) >= 11 is 0. The van der Waals surface area contributed by atoms with E-state index in [1.807, 2.05) is 0 Å². The van der Waals surface area contributed by atoms with E-state index < -0.39 is 19.9 Å². The minimum absolute atomic E-state index is 0.0153. The number of rotatable bonds is 5. The van der Waals surface area contributed by atoms with Crippen molar-refractivity contribution < 1.29 is 16.8 Å². The molecular weight excluding hydrogens is 288 g/mol. The fourth-order valence-corrected chi connectivity index (χ4v) is 2.72. The van der Waals surface area contributed by atoms with Gasteiger partial charge >= 0.3 is 0 Å². The van der Waals surface area contributed by atoms with Gasteiger partial charge in [-0.15, -0.1) is 0 Å². The van der Waals surface area contributed by atoms with Gasteiger partial charge in [0.1, 0.15) is 0 Å². The largest absolute Gasteiger partial charge is 0.284 e. The molecule has 6 nitrogen and oxygen atoms in total. The quantitative estimate of drug-likeness (QED) is 0.824. The van der Waals surface area contributed by atoms with Crippen molar-refractivity contribution in [3.8, 4) is 6.07 Å². The second-order valence-corrected chi connectivity index (χ2v) is 7.35. The third-order valence-corrected chi connectivity index (χ3v) is 4.89. The summed E-state index contributed by atoms with van der Waals surface area (Å²) in [6, 6.07) is 6.82. The van der Waals surface area contributed by atoms with Crippen LogP contribution in [0.5, 0.6) is 0 Å². The Morgan fingerprint density at radius 3 is 2.26 bits per heavy atom. The highest BCUT2D eigenvalue weighted by Crippen LogP contribution is 2.17.